The van der Waals surface area contributed by atoms with Gasteiger partial charge in [0.2, 0.25) is 0 Å². The maximum absolute atomic E-state index is 6.17. The van der Waals surface area contributed by atoms with Crippen LogP contribution in [0.3, 0.4) is 0 Å². The number of fused-ring (bicyclic) bond motifs is 3. The molecule has 1 heterocycles. The number of likely N-dealkylation sites (N-methyl/N-ethyl adjacent to an activating group) is 1. The lowest BCUT2D eigenvalue weighted by Crippen LogP contribution is -2.15. The van der Waals surface area contributed by atoms with Crippen molar-refractivity contribution in [3.63, 3.8) is 0 Å². The normalized spacial score (nSPS) is 17.9. The van der Waals surface area contributed by atoms with Crippen LogP contribution in [0.4, 0.5) is 5.69 Å². The summed E-state index contributed by atoms with van der Waals surface area (Å²) in [7, 11) is 3.85. The summed E-state index contributed by atoms with van der Waals surface area (Å²) >= 11 is 6.17. The van der Waals surface area contributed by atoms with Gasteiger partial charge >= 0.3 is 0 Å². The Labute approximate surface area is 118 Å². The number of benzene rings is 2. The van der Waals surface area contributed by atoms with Crippen molar-refractivity contribution < 1.29 is 4.74 Å². The number of halogens is 1. The van der Waals surface area contributed by atoms with Crippen molar-refractivity contribution in [3.05, 3.63) is 35.4 Å². The lowest BCUT2D eigenvalue weighted by molar-refractivity contribution is 0.420. The van der Waals surface area contributed by atoms with E-state index in [9.17, 15) is 0 Å². The topological polar surface area (TPSA) is 12.5 Å². The third-order valence-electron chi connectivity index (χ3n) is 4.07. The largest absolute Gasteiger partial charge is 0.496 e. The highest BCUT2D eigenvalue weighted by atomic mass is 35.5. The first-order valence-electron chi connectivity index (χ1n) is 6.54. The lowest BCUT2D eigenvalue weighted by atomic mass is 9.92. The summed E-state index contributed by atoms with van der Waals surface area (Å²) in [6.45, 7) is 3.14. The van der Waals surface area contributed by atoms with Crippen LogP contribution in [0.15, 0.2) is 24.3 Å². The van der Waals surface area contributed by atoms with Gasteiger partial charge < -0.3 is 9.64 Å². The average molecular weight is 276 g/mol. The predicted octanol–water partition coefficient (Wildman–Crippen LogP) is 3.93. The van der Waals surface area contributed by atoms with Gasteiger partial charge in [-0.05, 0) is 23.4 Å². The highest BCUT2D eigenvalue weighted by molar-refractivity contribution is 6.18. The lowest BCUT2D eigenvalue weighted by Gasteiger charge is -2.16. The quantitative estimate of drug-likeness (QED) is 0.770. The van der Waals surface area contributed by atoms with Gasteiger partial charge in [-0.3, -0.25) is 0 Å². The molecule has 0 bridgehead atoms. The second-order valence-corrected chi connectivity index (χ2v) is 5.55. The molecule has 1 atom stereocenters. The minimum absolute atomic E-state index is 0.399. The third-order valence-corrected chi connectivity index (χ3v) is 4.44. The molecule has 2 aromatic carbocycles. The molecule has 0 aliphatic carbocycles. The third kappa shape index (κ3) is 1.78. The van der Waals surface area contributed by atoms with Gasteiger partial charge in [0.15, 0.2) is 0 Å². The summed E-state index contributed by atoms with van der Waals surface area (Å²) in [6, 6.07) is 8.52. The maximum Gasteiger partial charge on any atom is 0.128 e. The molecule has 0 spiro atoms. The Balaban J connectivity index is 2.42. The molecule has 3 heteroatoms. The van der Waals surface area contributed by atoms with Crippen LogP contribution in [0.25, 0.3) is 10.8 Å². The van der Waals surface area contributed by atoms with E-state index in [0.29, 0.717) is 11.8 Å². The predicted molar refractivity (Wildman–Crippen MR) is 82.0 cm³/mol. The molecule has 100 valence electrons. The minimum Gasteiger partial charge on any atom is -0.496 e. The van der Waals surface area contributed by atoms with Gasteiger partial charge in [-0.15, -0.1) is 11.6 Å². The smallest absolute Gasteiger partial charge is 0.128 e. The summed E-state index contributed by atoms with van der Waals surface area (Å²) in [5.41, 5.74) is 3.92. The number of aryl methyl sites for hydroxylation is 1. The number of alkyl halides is 1. The average Bonchev–Trinajstić information content (AvgIpc) is 2.74. The first-order valence-corrected chi connectivity index (χ1v) is 7.08. The van der Waals surface area contributed by atoms with Crippen LogP contribution in [-0.2, 0) is 0 Å². The number of methoxy groups -OCH3 is 1. The molecule has 0 fully saturated rings. The van der Waals surface area contributed by atoms with Gasteiger partial charge in [0, 0.05) is 42.5 Å². The van der Waals surface area contributed by atoms with Gasteiger partial charge in [-0.25, -0.2) is 0 Å². The van der Waals surface area contributed by atoms with E-state index in [1.807, 2.05) is 0 Å². The fourth-order valence-electron chi connectivity index (χ4n) is 3.18. The Morgan fingerprint density at radius 1 is 1.42 bits per heavy atom. The zero-order valence-electron chi connectivity index (χ0n) is 11.5. The van der Waals surface area contributed by atoms with Crippen molar-refractivity contribution in [2.75, 3.05) is 31.5 Å². The molecule has 2 aromatic rings. The summed E-state index contributed by atoms with van der Waals surface area (Å²) in [5, 5.41) is 2.50. The van der Waals surface area contributed by atoms with Gasteiger partial charge in [0.05, 0.1) is 7.11 Å². The molecule has 1 aliphatic rings. The summed E-state index contributed by atoms with van der Waals surface area (Å²) in [4.78, 5) is 2.27. The van der Waals surface area contributed by atoms with Crippen LogP contribution in [0.1, 0.15) is 17.0 Å². The van der Waals surface area contributed by atoms with Crippen LogP contribution in [-0.4, -0.2) is 26.6 Å². The number of ether oxygens (including phenoxy) is 1. The van der Waals surface area contributed by atoms with E-state index in [-0.39, 0.29) is 0 Å². The molecule has 1 aliphatic heterocycles. The van der Waals surface area contributed by atoms with Crippen molar-refractivity contribution in [1.82, 2.24) is 0 Å². The Bertz CT molecular complexity index is 638. The van der Waals surface area contributed by atoms with Crippen LogP contribution in [0.5, 0.6) is 5.75 Å². The van der Waals surface area contributed by atoms with Crippen molar-refractivity contribution in [1.29, 1.82) is 0 Å². The number of hydrogen-bond donors (Lipinski definition) is 0. The summed E-state index contributed by atoms with van der Waals surface area (Å²) in [5.74, 6) is 2.00. The molecule has 3 rings (SSSR count). The highest BCUT2D eigenvalue weighted by Crippen LogP contribution is 2.45. The standard InChI is InChI=1S/C16H18ClNO/c1-10-5-4-6-12-14(19-3)7-13-16(15(10)12)11(8-17)9-18(13)2/h4-7,11H,8-9H2,1-3H3/t11-/m1/s1. The molecule has 0 saturated heterocycles. The molecule has 0 aromatic heterocycles. The SMILES string of the molecule is COc1cc2c(c3c(C)cccc13)[C@H](CCl)CN2C. The van der Waals surface area contributed by atoms with E-state index in [1.54, 1.807) is 7.11 Å². The second-order valence-electron chi connectivity index (χ2n) is 5.24. The van der Waals surface area contributed by atoms with Crippen LogP contribution < -0.4 is 9.64 Å². The monoisotopic (exact) mass is 275 g/mol. The van der Waals surface area contributed by atoms with E-state index < -0.39 is 0 Å². The first kappa shape index (κ1) is 12.6. The maximum atomic E-state index is 6.17. The zero-order valence-corrected chi connectivity index (χ0v) is 12.3. The van der Waals surface area contributed by atoms with Gasteiger partial charge in [0.1, 0.15) is 5.75 Å². The Kier molecular flexibility index (Phi) is 3.06. The fraction of sp³-hybridized carbons (Fsp3) is 0.375. The molecule has 0 unspecified atom stereocenters. The van der Waals surface area contributed by atoms with E-state index in [4.69, 9.17) is 16.3 Å². The number of anilines is 1. The van der Waals surface area contributed by atoms with Crippen molar-refractivity contribution in [2.45, 2.75) is 12.8 Å². The Morgan fingerprint density at radius 3 is 2.89 bits per heavy atom. The van der Waals surface area contributed by atoms with E-state index in [1.165, 1.54) is 27.6 Å². The number of hydrogen-bond acceptors (Lipinski definition) is 2. The first-order chi connectivity index (χ1) is 9.17. The molecule has 19 heavy (non-hydrogen) atoms. The molecule has 0 radical (unpaired) electrons. The van der Waals surface area contributed by atoms with Gasteiger partial charge in [-0.1, -0.05) is 18.2 Å². The molecule has 0 amide bonds. The molecule has 0 saturated carbocycles. The molecule has 0 N–H and O–H groups in total. The van der Waals surface area contributed by atoms with Crippen molar-refractivity contribution in [2.24, 2.45) is 0 Å². The molecular formula is C16H18ClNO. The van der Waals surface area contributed by atoms with Crippen LogP contribution in [0.2, 0.25) is 0 Å². The molecule has 2 nitrogen and oxygen atoms in total. The Hall–Kier alpha value is -1.41. The Morgan fingerprint density at radius 2 is 2.21 bits per heavy atom. The summed E-state index contributed by atoms with van der Waals surface area (Å²) in [6.07, 6.45) is 0. The minimum atomic E-state index is 0.399. The van der Waals surface area contributed by atoms with Crippen molar-refractivity contribution in [3.8, 4) is 5.75 Å². The number of rotatable bonds is 2. The molecular weight excluding hydrogens is 258 g/mol. The fourth-order valence-corrected chi connectivity index (χ4v) is 3.43. The summed E-state index contributed by atoms with van der Waals surface area (Å²) < 4.78 is 5.57. The van der Waals surface area contributed by atoms with E-state index in [2.05, 4.69) is 43.1 Å². The van der Waals surface area contributed by atoms with Gasteiger partial charge in [0.25, 0.3) is 0 Å². The zero-order chi connectivity index (χ0) is 13.6. The van der Waals surface area contributed by atoms with E-state index in [0.717, 1.165) is 12.3 Å². The second kappa shape index (κ2) is 4.61. The van der Waals surface area contributed by atoms with Crippen LogP contribution >= 0.6 is 11.6 Å². The van der Waals surface area contributed by atoms with Crippen molar-refractivity contribution >= 4 is 28.1 Å². The number of nitrogens with zero attached hydrogens (tertiary/aromatic N) is 1. The van der Waals surface area contributed by atoms with E-state index >= 15 is 0 Å². The highest BCUT2D eigenvalue weighted by Gasteiger charge is 2.29. The van der Waals surface area contributed by atoms with Crippen LogP contribution in [0, 0.1) is 6.92 Å². The van der Waals surface area contributed by atoms with Gasteiger partial charge in [-0.2, -0.15) is 0 Å².